The van der Waals surface area contributed by atoms with Gasteiger partial charge in [-0.1, -0.05) is 27.2 Å². The molecular weight excluding hydrogens is 330 g/mol. The van der Waals surface area contributed by atoms with Gasteiger partial charge in [0.2, 0.25) is 0 Å². The van der Waals surface area contributed by atoms with Gasteiger partial charge in [0.05, 0.1) is 25.5 Å². The average Bonchev–Trinajstić information content (AvgIpc) is 2.97. The van der Waals surface area contributed by atoms with Gasteiger partial charge in [-0.05, 0) is 12.3 Å². The van der Waals surface area contributed by atoms with Crippen molar-refractivity contribution in [3.63, 3.8) is 0 Å². The number of rotatable bonds is 12. The third-order valence-electron chi connectivity index (χ3n) is 4.01. The number of guanidine groups is 1. The molecule has 0 aliphatic carbocycles. The van der Waals surface area contributed by atoms with E-state index in [0.29, 0.717) is 25.7 Å². The number of aryl methyl sites for hydroxylation is 1. The first-order valence-electron chi connectivity index (χ1n) is 9.59. The molecule has 1 heterocycles. The topological polar surface area (TPSA) is 63.9 Å². The van der Waals surface area contributed by atoms with Gasteiger partial charge in [-0.15, -0.1) is 0 Å². The Balaban J connectivity index is 2.31. The summed E-state index contributed by atoms with van der Waals surface area (Å²) in [5.41, 5.74) is 2.37. The Hall–Kier alpha value is -1.60. The smallest absolute Gasteiger partial charge is 0.193 e. The first-order chi connectivity index (χ1) is 12.5. The van der Waals surface area contributed by atoms with Crippen LogP contribution in [0.2, 0.25) is 0 Å². The van der Waals surface area contributed by atoms with Gasteiger partial charge < -0.3 is 19.7 Å². The summed E-state index contributed by atoms with van der Waals surface area (Å²) in [5, 5.41) is 7.91. The Bertz CT molecular complexity index is 528. The van der Waals surface area contributed by atoms with E-state index in [1.807, 2.05) is 18.8 Å². The quantitative estimate of drug-likeness (QED) is 0.349. The molecule has 1 rings (SSSR count). The third-order valence-corrected chi connectivity index (χ3v) is 4.01. The maximum atomic E-state index is 5.59. The molecule has 0 spiro atoms. The second kappa shape index (κ2) is 12.7. The van der Waals surface area contributed by atoms with Gasteiger partial charge >= 0.3 is 0 Å². The number of aromatic nitrogens is 2. The van der Waals surface area contributed by atoms with Crippen LogP contribution in [0.3, 0.4) is 0 Å². The van der Waals surface area contributed by atoms with Gasteiger partial charge in [0.25, 0.3) is 0 Å². The summed E-state index contributed by atoms with van der Waals surface area (Å²) in [6.45, 7) is 10.7. The fourth-order valence-electron chi connectivity index (χ4n) is 2.68. The van der Waals surface area contributed by atoms with Crippen molar-refractivity contribution in [3.05, 3.63) is 17.5 Å². The predicted molar refractivity (Wildman–Crippen MR) is 107 cm³/mol. The van der Waals surface area contributed by atoms with E-state index in [2.05, 4.69) is 47.3 Å². The molecule has 0 atom stereocenters. The number of aliphatic imine (C=N–C) groups is 1. The molecule has 7 nitrogen and oxygen atoms in total. The van der Waals surface area contributed by atoms with E-state index < -0.39 is 0 Å². The van der Waals surface area contributed by atoms with Crippen molar-refractivity contribution >= 4 is 5.96 Å². The first kappa shape index (κ1) is 22.4. The Kier molecular flexibility index (Phi) is 11.0. The molecule has 1 aromatic heterocycles. The highest BCUT2D eigenvalue weighted by Crippen LogP contribution is 2.18. The van der Waals surface area contributed by atoms with Gasteiger partial charge in [-0.2, -0.15) is 5.10 Å². The lowest BCUT2D eigenvalue weighted by molar-refractivity contribution is 0.0486. The number of nitrogens with zero attached hydrogens (tertiary/aromatic N) is 4. The maximum Gasteiger partial charge on any atom is 0.193 e. The summed E-state index contributed by atoms with van der Waals surface area (Å²) >= 11 is 0. The van der Waals surface area contributed by atoms with E-state index in [1.165, 1.54) is 5.56 Å². The molecule has 0 amide bonds. The molecule has 26 heavy (non-hydrogen) atoms. The summed E-state index contributed by atoms with van der Waals surface area (Å²) < 4.78 is 12.9. The molecular formula is C19H37N5O2. The Morgan fingerprint density at radius 1 is 1.27 bits per heavy atom. The number of nitrogens with one attached hydrogen (secondary N) is 1. The van der Waals surface area contributed by atoms with Gasteiger partial charge in [0.15, 0.2) is 5.96 Å². The normalized spacial score (nSPS) is 12.0. The van der Waals surface area contributed by atoms with Crippen molar-refractivity contribution in [2.75, 3.05) is 47.1 Å². The lowest BCUT2D eigenvalue weighted by Crippen LogP contribution is -2.40. The van der Waals surface area contributed by atoms with Gasteiger partial charge in [0.1, 0.15) is 0 Å². The van der Waals surface area contributed by atoms with E-state index in [4.69, 9.17) is 9.47 Å². The van der Waals surface area contributed by atoms with Crippen LogP contribution in [0.15, 0.2) is 11.2 Å². The zero-order valence-electron chi connectivity index (χ0n) is 17.4. The highest BCUT2D eigenvalue weighted by atomic mass is 16.5. The van der Waals surface area contributed by atoms with E-state index in [1.54, 1.807) is 7.05 Å². The summed E-state index contributed by atoms with van der Waals surface area (Å²) in [6.07, 6.45) is 4.36. The molecule has 0 saturated carbocycles. The van der Waals surface area contributed by atoms with Gasteiger partial charge in [-0.3, -0.25) is 9.67 Å². The average molecular weight is 368 g/mol. The van der Waals surface area contributed by atoms with Gasteiger partial charge in [-0.25, -0.2) is 0 Å². The van der Waals surface area contributed by atoms with Crippen LogP contribution >= 0.6 is 0 Å². The van der Waals surface area contributed by atoms with Crippen LogP contribution < -0.4 is 5.32 Å². The number of hydrogen-bond donors (Lipinski definition) is 1. The Labute approximate surface area is 158 Å². The molecule has 0 saturated heterocycles. The maximum absolute atomic E-state index is 5.59. The second-order valence-corrected chi connectivity index (χ2v) is 6.78. The zero-order chi connectivity index (χ0) is 19.4. The van der Waals surface area contributed by atoms with Crippen molar-refractivity contribution in [2.45, 2.75) is 46.1 Å². The van der Waals surface area contributed by atoms with Crippen LogP contribution in [0.1, 0.15) is 50.8 Å². The van der Waals surface area contributed by atoms with E-state index in [9.17, 15) is 0 Å². The van der Waals surface area contributed by atoms with Crippen molar-refractivity contribution < 1.29 is 9.47 Å². The molecule has 0 aliphatic rings. The van der Waals surface area contributed by atoms with Gasteiger partial charge in [0, 0.05) is 52.6 Å². The molecule has 0 fully saturated rings. The minimum atomic E-state index is 0.405. The standard InChI is InChI=1S/C19H37N5O2/c1-7-8-10-25-12-13-26-11-9-21-19(20-4)23(5)14-17-15-24(6)22-18(17)16(2)3/h15-16H,7-14H2,1-6H3,(H,20,21). The summed E-state index contributed by atoms with van der Waals surface area (Å²) in [4.78, 5) is 6.47. The van der Waals surface area contributed by atoms with Crippen LogP contribution in [0.5, 0.6) is 0 Å². The largest absolute Gasteiger partial charge is 0.379 e. The van der Waals surface area contributed by atoms with Crippen molar-refractivity contribution in [1.29, 1.82) is 0 Å². The molecule has 0 unspecified atom stereocenters. The third kappa shape index (κ3) is 8.19. The number of hydrogen-bond acceptors (Lipinski definition) is 4. The van der Waals surface area contributed by atoms with Crippen molar-refractivity contribution in [2.24, 2.45) is 12.0 Å². The molecule has 7 heteroatoms. The molecule has 0 aromatic carbocycles. The predicted octanol–water partition coefficient (Wildman–Crippen LogP) is 2.38. The van der Waals surface area contributed by atoms with Crippen molar-refractivity contribution in [1.82, 2.24) is 20.0 Å². The molecule has 1 N–H and O–H groups in total. The Morgan fingerprint density at radius 2 is 1.96 bits per heavy atom. The van der Waals surface area contributed by atoms with Crippen LogP contribution in [-0.2, 0) is 23.1 Å². The van der Waals surface area contributed by atoms with Crippen molar-refractivity contribution in [3.8, 4) is 0 Å². The molecule has 0 bridgehead atoms. The summed E-state index contributed by atoms with van der Waals surface area (Å²) in [6, 6.07) is 0. The van der Waals surface area contributed by atoms with E-state index in [0.717, 1.165) is 44.2 Å². The minimum absolute atomic E-state index is 0.405. The fourth-order valence-corrected chi connectivity index (χ4v) is 2.68. The van der Waals surface area contributed by atoms with Crippen LogP contribution in [0.25, 0.3) is 0 Å². The summed E-state index contributed by atoms with van der Waals surface area (Å²) in [5.74, 6) is 1.26. The van der Waals surface area contributed by atoms with E-state index >= 15 is 0 Å². The zero-order valence-corrected chi connectivity index (χ0v) is 17.4. The lowest BCUT2D eigenvalue weighted by Gasteiger charge is -2.22. The first-order valence-corrected chi connectivity index (χ1v) is 9.59. The SMILES string of the molecule is CCCCOCCOCCNC(=NC)N(C)Cc1cn(C)nc1C(C)C. The molecule has 0 radical (unpaired) electrons. The fraction of sp³-hybridized carbons (Fsp3) is 0.789. The number of unbranched alkanes of at least 4 members (excludes halogenated alkanes) is 1. The molecule has 1 aromatic rings. The monoisotopic (exact) mass is 367 g/mol. The molecule has 0 aliphatic heterocycles. The van der Waals surface area contributed by atoms with Crippen LogP contribution in [-0.4, -0.2) is 67.7 Å². The van der Waals surface area contributed by atoms with E-state index in [-0.39, 0.29) is 0 Å². The summed E-state index contributed by atoms with van der Waals surface area (Å²) in [7, 11) is 5.80. The Morgan fingerprint density at radius 3 is 2.58 bits per heavy atom. The highest BCUT2D eigenvalue weighted by molar-refractivity contribution is 5.79. The second-order valence-electron chi connectivity index (χ2n) is 6.78. The minimum Gasteiger partial charge on any atom is -0.379 e. The lowest BCUT2D eigenvalue weighted by atomic mass is 10.1. The molecule has 150 valence electrons. The van der Waals surface area contributed by atoms with Crippen LogP contribution in [0.4, 0.5) is 0 Å². The number of ether oxygens (including phenoxy) is 2. The van der Waals surface area contributed by atoms with Crippen LogP contribution in [0, 0.1) is 0 Å². The highest BCUT2D eigenvalue weighted by Gasteiger charge is 2.14.